The Morgan fingerprint density at radius 1 is 1.16 bits per heavy atom. The van der Waals surface area contributed by atoms with Crippen molar-refractivity contribution < 1.29 is 4.92 Å². The van der Waals surface area contributed by atoms with Crippen molar-refractivity contribution in [2.45, 2.75) is 39.7 Å². The summed E-state index contributed by atoms with van der Waals surface area (Å²) in [5.41, 5.74) is 1.55. The summed E-state index contributed by atoms with van der Waals surface area (Å²) in [4.78, 5) is 25.9. The van der Waals surface area contributed by atoms with Crippen LogP contribution in [0.3, 0.4) is 0 Å². The number of rotatable bonds is 6. The minimum absolute atomic E-state index is 0.110. The van der Waals surface area contributed by atoms with E-state index in [1.54, 1.807) is 19.1 Å². The Morgan fingerprint density at radius 3 is 2.40 bits per heavy atom. The molecule has 0 radical (unpaired) electrons. The predicted molar refractivity (Wildman–Crippen MR) is 98.1 cm³/mol. The molecule has 1 N–H and O–H groups in total. The lowest BCUT2D eigenvalue weighted by molar-refractivity contribution is -0.385. The van der Waals surface area contributed by atoms with Gasteiger partial charge in [-0.15, -0.1) is 0 Å². The molecule has 134 valence electrons. The number of hydrogen-bond donors (Lipinski definition) is 1. The molecular weight excluding hydrogens is 320 g/mol. The molecule has 8 nitrogen and oxygen atoms in total. The van der Waals surface area contributed by atoms with E-state index in [-0.39, 0.29) is 22.6 Å². The van der Waals surface area contributed by atoms with Crippen LogP contribution in [0.4, 0.5) is 17.6 Å². The van der Waals surface area contributed by atoms with Gasteiger partial charge >= 0.3 is 0 Å². The summed E-state index contributed by atoms with van der Waals surface area (Å²) in [6, 6.07) is 5.03. The van der Waals surface area contributed by atoms with Gasteiger partial charge in [0.25, 0.3) is 5.69 Å². The standard InChI is InChI=1S/C17H24N6O2/c1-10(2)15-19-16(21-17(20-15)22(5)6)18-12(4)13-8-7-11(3)14(9-13)23(24)25/h7-10,12H,1-6H3,(H,18,19,20,21). The van der Waals surface area contributed by atoms with Crippen molar-refractivity contribution in [1.29, 1.82) is 0 Å². The van der Waals surface area contributed by atoms with Crippen LogP contribution in [0.15, 0.2) is 18.2 Å². The number of nitrogens with zero attached hydrogens (tertiary/aromatic N) is 5. The van der Waals surface area contributed by atoms with E-state index in [2.05, 4.69) is 20.3 Å². The van der Waals surface area contributed by atoms with Crippen LogP contribution in [0.1, 0.15) is 49.7 Å². The zero-order chi connectivity index (χ0) is 18.7. The Bertz CT molecular complexity index is 749. The third-order valence-electron chi connectivity index (χ3n) is 3.83. The van der Waals surface area contributed by atoms with Gasteiger partial charge in [-0.3, -0.25) is 10.1 Å². The highest BCUT2D eigenvalue weighted by molar-refractivity contribution is 5.45. The van der Waals surface area contributed by atoms with Crippen molar-refractivity contribution in [3.05, 3.63) is 45.3 Å². The molecule has 0 bridgehead atoms. The third-order valence-corrected chi connectivity index (χ3v) is 3.83. The topological polar surface area (TPSA) is 97.1 Å². The molecule has 0 saturated carbocycles. The van der Waals surface area contributed by atoms with Gasteiger partial charge in [0.2, 0.25) is 11.9 Å². The molecule has 1 unspecified atom stereocenters. The van der Waals surface area contributed by atoms with Gasteiger partial charge < -0.3 is 10.2 Å². The summed E-state index contributed by atoms with van der Waals surface area (Å²) in [5.74, 6) is 1.89. The van der Waals surface area contributed by atoms with Gasteiger partial charge in [-0.05, 0) is 19.4 Å². The predicted octanol–water partition coefficient (Wildman–Crippen LogP) is 3.45. The second-order valence-corrected chi connectivity index (χ2v) is 6.54. The normalized spacial score (nSPS) is 12.1. The van der Waals surface area contributed by atoms with Crippen LogP contribution in [0.25, 0.3) is 0 Å². The van der Waals surface area contributed by atoms with Gasteiger partial charge in [0.1, 0.15) is 5.82 Å². The smallest absolute Gasteiger partial charge is 0.272 e. The summed E-state index contributed by atoms with van der Waals surface area (Å²) in [6.45, 7) is 7.68. The fourth-order valence-corrected chi connectivity index (χ4v) is 2.27. The molecule has 1 aromatic heterocycles. The molecule has 1 heterocycles. The summed E-state index contributed by atoms with van der Waals surface area (Å²) in [7, 11) is 3.74. The number of nitro benzene ring substituents is 1. The van der Waals surface area contributed by atoms with Crippen molar-refractivity contribution in [1.82, 2.24) is 15.0 Å². The van der Waals surface area contributed by atoms with Crippen LogP contribution in [0, 0.1) is 17.0 Å². The molecule has 0 aliphatic heterocycles. The minimum atomic E-state index is -0.366. The van der Waals surface area contributed by atoms with Crippen LogP contribution >= 0.6 is 0 Å². The van der Waals surface area contributed by atoms with Crippen LogP contribution in [0.5, 0.6) is 0 Å². The van der Waals surface area contributed by atoms with E-state index >= 15 is 0 Å². The molecule has 2 rings (SSSR count). The summed E-state index contributed by atoms with van der Waals surface area (Å²) >= 11 is 0. The summed E-state index contributed by atoms with van der Waals surface area (Å²) in [6.07, 6.45) is 0. The van der Waals surface area contributed by atoms with E-state index in [1.807, 2.05) is 45.8 Å². The maximum atomic E-state index is 11.1. The van der Waals surface area contributed by atoms with Crippen LogP contribution < -0.4 is 10.2 Å². The summed E-state index contributed by atoms with van der Waals surface area (Å²) in [5, 5.41) is 14.4. The quantitative estimate of drug-likeness (QED) is 0.633. The van der Waals surface area contributed by atoms with E-state index in [0.29, 0.717) is 23.3 Å². The van der Waals surface area contributed by atoms with E-state index in [9.17, 15) is 10.1 Å². The second kappa shape index (κ2) is 7.42. The van der Waals surface area contributed by atoms with Gasteiger partial charge in [0, 0.05) is 31.6 Å². The molecule has 1 aromatic carbocycles. The number of anilines is 2. The van der Waals surface area contributed by atoms with Crippen molar-refractivity contribution in [2.24, 2.45) is 0 Å². The van der Waals surface area contributed by atoms with Crippen LogP contribution in [-0.4, -0.2) is 34.0 Å². The molecule has 0 fully saturated rings. The fraction of sp³-hybridized carbons (Fsp3) is 0.471. The lowest BCUT2D eigenvalue weighted by Gasteiger charge is -2.18. The number of nitro groups is 1. The van der Waals surface area contributed by atoms with E-state index < -0.39 is 0 Å². The Morgan fingerprint density at radius 2 is 1.84 bits per heavy atom. The van der Waals surface area contributed by atoms with Gasteiger partial charge in [-0.25, -0.2) is 0 Å². The Labute approximate surface area is 147 Å². The highest BCUT2D eigenvalue weighted by atomic mass is 16.6. The van der Waals surface area contributed by atoms with Gasteiger partial charge in [-0.1, -0.05) is 26.0 Å². The first-order chi connectivity index (χ1) is 11.7. The number of aryl methyl sites for hydroxylation is 1. The highest BCUT2D eigenvalue weighted by Crippen LogP contribution is 2.25. The Hall–Kier alpha value is -2.77. The lowest BCUT2D eigenvalue weighted by Crippen LogP contribution is -2.18. The Balaban J connectivity index is 2.32. The minimum Gasteiger partial charge on any atom is -0.348 e. The molecule has 0 aliphatic carbocycles. The molecule has 1 atom stereocenters. The first kappa shape index (κ1) is 18.6. The van der Waals surface area contributed by atoms with E-state index in [0.717, 1.165) is 5.56 Å². The molecule has 0 aliphatic rings. The molecular formula is C17H24N6O2. The summed E-state index contributed by atoms with van der Waals surface area (Å²) < 4.78 is 0. The highest BCUT2D eigenvalue weighted by Gasteiger charge is 2.17. The number of benzene rings is 1. The van der Waals surface area contributed by atoms with E-state index in [4.69, 9.17) is 0 Å². The first-order valence-corrected chi connectivity index (χ1v) is 8.13. The number of nitrogens with one attached hydrogen (secondary N) is 1. The third kappa shape index (κ3) is 4.40. The maximum Gasteiger partial charge on any atom is 0.272 e. The maximum absolute atomic E-state index is 11.1. The first-order valence-electron chi connectivity index (χ1n) is 8.13. The Kier molecular flexibility index (Phi) is 5.51. The van der Waals surface area contributed by atoms with Crippen molar-refractivity contribution in [3.63, 3.8) is 0 Å². The van der Waals surface area contributed by atoms with Crippen molar-refractivity contribution in [3.8, 4) is 0 Å². The number of hydrogen-bond acceptors (Lipinski definition) is 7. The zero-order valence-corrected chi connectivity index (χ0v) is 15.4. The monoisotopic (exact) mass is 344 g/mol. The van der Waals surface area contributed by atoms with E-state index in [1.165, 1.54) is 0 Å². The van der Waals surface area contributed by atoms with Gasteiger partial charge in [0.15, 0.2) is 0 Å². The SMILES string of the molecule is Cc1ccc(C(C)Nc2nc(C(C)C)nc(N(C)C)n2)cc1[N+](=O)[O-]. The molecule has 0 amide bonds. The largest absolute Gasteiger partial charge is 0.348 e. The lowest BCUT2D eigenvalue weighted by atomic mass is 10.0. The molecule has 0 saturated heterocycles. The average molecular weight is 344 g/mol. The molecule has 0 spiro atoms. The molecule has 2 aromatic rings. The van der Waals surface area contributed by atoms with Crippen LogP contribution in [0.2, 0.25) is 0 Å². The van der Waals surface area contributed by atoms with Crippen molar-refractivity contribution >= 4 is 17.6 Å². The number of aromatic nitrogens is 3. The fourth-order valence-electron chi connectivity index (χ4n) is 2.27. The second-order valence-electron chi connectivity index (χ2n) is 6.54. The van der Waals surface area contributed by atoms with Gasteiger partial charge in [-0.2, -0.15) is 15.0 Å². The zero-order valence-electron chi connectivity index (χ0n) is 15.4. The van der Waals surface area contributed by atoms with Crippen LogP contribution in [-0.2, 0) is 0 Å². The van der Waals surface area contributed by atoms with Crippen molar-refractivity contribution in [2.75, 3.05) is 24.3 Å². The molecule has 8 heteroatoms. The molecule has 25 heavy (non-hydrogen) atoms. The average Bonchev–Trinajstić information content (AvgIpc) is 2.54. The van der Waals surface area contributed by atoms with Gasteiger partial charge in [0.05, 0.1) is 11.0 Å².